The molecule has 1 aromatic rings. The Labute approximate surface area is 146 Å². The van der Waals surface area contributed by atoms with E-state index in [4.69, 9.17) is 5.73 Å². The van der Waals surface area contributed by atoms with E-state index in [-0.39, 0.29) is 23.2 Å². The van der Waals surface area contributed by atoms with Gasteiger partial charge in [0.05, 0.1) is 4.90 Å². The predicted octanol–water partition coefficient (Wildman–Crippen LogP) is 3.16. The molecule has 1 unspecified atom stereocenters. The molecule has 1 saturated heterocycles. The largest absolute Gasteiger partial charge is 0.330 e. The lowest BCUT2D eigenvalue weighted by Gasteiger charge is -2.24. The molecule has 2 rings (SSSR count). The number of nitrogens with two attached hydrogens (primary N) is 1. The van der Waals surface area contributed by atoms with E-state index in [0.717, 1.165) is 12.8 Å². The van der Waals surface area contributed by atoms with Crippen molar-refractivity contribution >= 4 is 22.4 Å². The summed E-state index contributed by atoms with van der Waals surface area (Å²) < 4.78 is 27.1. The molecular weight excluding hydrogens is 332 g/mol. The number of hydrogen-bond acceptors (Lipinski definition) is 3. The van der Waals surface area contributed by atoms with Crippen LogP contribution in [0, 0.1) is 5.41 Å². The van der Waals surface area contributed by atoms with Crippen molar-refractivity contribution in [2.45, 2.75) is 50.8 Å². The Hall–Kier alpha value is -0.620. The van der Waals surface area contributed by atoms with Crippen LogP contribution in [0.15, 0.2) is 29.2 Å². The van der Waals surface area contributed by atoms with Gasteiger partial charge in [0.1, 0.15) is 0 Å². The first-order valence-electron chi connectivity index (χ1n) is 7.95. The molecule has 1 heterocycles. The Morgan fingerprint density at radius 3 is 2.26 bits per heavy atom. The number of halogens is 1. The van der Waals surface area contributed by atoms with Gasteiger partial charge >= 0.3 is 0 Å². The van der Waals surface area contributed by atoms with Gasteiger partial charge in [-0.1, -0.05) is 39.8 Å². The van der Waals surface area contributed by atoms with Crippen molar-refractivity contribution in [1.82, 2.24) is 4.31 Å². The average Bonchev–Trinajstić information content (AvgIpc) is 2.91. The summed E-state index contributed by atoms with van der Waals surface area (Å²) in [4.78, 5) is 0.379. The second-order valence-corrected chi connectivity index (χ2v) is 9.30. The molecule has 0 saturated carbocycles. The standard InChI is InChI=1S/C17H28N2O2S.ClH/c1-5-16(2,3)14-6-8-15(9-7-14)22(20,21)19-11-10-17(4,12-18)13-19;/h6-9H,5,10-13,18H2,1-4H3;1H. The summed E-state index contributed by atoms with van der Waals surface area (Å²) in [7, 11) is -3.41. The van der Waals surface area contributed by atoms with Crippen LogP contribution in [-0.4, -0.2) is 32.4 Å². The maximum Gasteiger partial charge on any atom is 0.243 e. The first-order valence-corrected chi connectivity index (χ1v) is 9.39. The van der Waals surface area contributed by atoms with Gasteiger partial charge in [-0.3, -0.25) is 0 Å². The van der Waals surface area contributed by atoms with Gasteiger partial charge in [-0.2, -0.15) is 4.31 Å². The van der Waals surface area contributed by atoms with Crippen LogP contribution < -0.4 is 5.73 Å². The van der Waals surface area contributed by atoms with Gasteiger partial charge in [-0.05, 0) is 47.9 Å². The summed E-state index contributed by atoms with van der Waals surface area (Å²) in [5.74, 6) is 0. The van der Waals surface area contributed by atoms with Gasteiger partial charge < -0.3 is 5.73 Å². The van der Waals surface area contributed by atoms with E-state index in [1.807, 2.05) is 12.1 Å². The third-order valence-electron chi connectivity index (χ3n) is 5.17. The molecule has 1 aliphatic rings. The maximum absolute atomic E-state index is 12.8. The molecule has 0 bridgehead atoms. The van der Waals surface area contributed by atoms with Crippen molar-refractivity contribution < 1.29 is 8.42 Å². The van der Waals surface area contributed by atoms with Crippen LogP contribution in [0.5, 0.6) is 0 Å². The lowest BCUT2D eigenvalue weighted by atomic mass is 9.82. The average molecular weight is 361 g/mol. The maximum atomic E-state index is 12.8. The molecule has 4 nitrogen and oxygen atoms in total. The van der Waals surface area contributed by atoms with E-state index >= 15 is 0 Å². The molecule has 132 valence electrons. The zero-order valence-electron chi connectivity index (χ0n) is 14.5. The van der Waals surface area contributed by atoms with Gasteiger partial charge in [-0.15, -0.1) is 12.4 Å². The highest BCUT2D eigenvalue weighted by Crippen LogP contribution is 2.33. The smallest absolute Gasteiger partial charge is 0.243 e. The highest BCUT2D eigenvalue weighted by molar-refractivity contribution is 7.89. The Morgan fingerprint density at radius 1 is 1.26 bits per heavy atom. The summed E-state index contributed by atoms with van der Waals surface area (Å²) in [5.41, 5.74) is 6.91. The second kappa shape index (κ2) is 7.09. The molecule has 0 aromatic heterocycles. The molecule has 6 heteroatoms. The van der Waals surface area contributed by atoms with Crippen LogP contribution >= 0.6 is 12.4 Å². The van der Waals surface area contributed by atoms with Crippen LogP contribution in [0.1, 0.15) is 46.1 Å². The number of sulfonamides is 1. The third-order valence-corrected chi connectivity index (χ3v) is 7.03. The fraction of sp³-hybridized carbons (Fsp3) is 0.647. The fourth-order valence-electron chi connectivity index (χ4n) is 2.78. The molecule has 1 aliphatic heterocycles. The quantitative estimate of drug-likeness (QED) is 0.877. The SMILES string of the molecule is CCC(C)(C)c1ccc(S(=O)(=O)N2CCC(C)(CN)C2)cc1.Cl. The molecule has 2 N–H and O–H groups in total. The van der Waals surface area contributed by atoms with Crippen LogP contribution in [0.25, 0.3) is 0 Å². The normalized spacial score (nSPS) is 22.8. The van der Waals surface area contributed by atoms with Crippen LogP contribution in [-0.2, 0) is 15.4 Å². The predicted molar refractivity (Wildman–Crippen MR) is 97.5 cm³/mol. The van der Waals surface area contributed by atoms with E-state index in [2.05, 4.69) is 27.7 Å². The zero-order valence-corrected chi connectivity index (χ0v) is 16.1. The monoisotopic (exact) mass is 360 g/mol. The summed E-state index contributed by atoms with van der Waals surface area (Å²) in [6.45, 7) is 10.1. The Bertz CT molecular complexity index is 628. The summed E-state index contributed by atoms with van der Waals surface area (Å²) in [5, 5.41) is 0. The van der Waals surface area contributed by atoms with Gasteiger partial charge in [-0.25, -0.2) is 8.42 Å². The van der Waals surface area contributed by atoms with Gasteiger partial charge in [0, 0.05) is 13.1 Å². The van der Waals surface area contributed by atoms with E-state index < -0.39 is 10.0 Å². The van der Waals surface area contributed by atoms with E-state index in [1.54, 1.807) is 16.4 Å². The minimum Gasteiger partial charge on any atom is -0.330 e. The Kier molecular flexibility index (Phi) is 6.30. The minimum absolute atomic E-state index is 0. The molecule has 0 radical (unpaired) electrons. The lowest BCUT2D eigenvalue weighted by molar-refractivity contribution is 0.349. The lowest BCUT2D eigenvalue weighted by Crippen LogP contribution is -2.34. The molecule has 0 spiro atoms. The zero-order chi connectivity index (χ0) is 16.6. The Balaban J connectivity index is 0.00000264. The van der Waals surface area contributed by atoms with Crippen LogP contribution in [0.2, 0.25) is 0 Å². The summed E-state index contributed by atoms with van der Waals surface area (Å²) >= 11 is 0. The number of rotatable bonds is 5. The second-order valence-electron chi connectivity index (χ2n) is 7.37. The van der Waals surface area contributed by atoms with Crippen molar-refractivity contribution in [2.75, 3.05) is 19.6 Å². The number of nitrogens with zero attached hydrogens (tertiary/aromatic N) is 1. The van der Waals surface area contributed by atoms with Gasteiger partial charge in [0.15, 0.2) is 0 Å². The van der Waals surface area contributed by atoms with Gasteiger partial charge in [0.2, 0.25) is 10.0 Å². The fourth-order valence-corrected chi connectivity index (χ4v) is 4.37. The van der Waals surface area contributed by atoms with E-state index in [0.29, 0.717) is 24.5 Å². The van der Waals surface area contributed by atoms with Crippen molar-refractivity contribution in [3.05, 3.63) is 29.8 Å². The topological polar surface area (TPSA) is 63.4 Å². The minimum atomic E-state index is -3.41. The molecule has 0 amide bonds. The van der Waals surface area contributed by atoms with Crippen molar-refractivity contribution in [3.63, 3.8) is 0 Å². The van der Waals surface area contributed by atoms with Crippen molar-refractivity contribution in [2.24, 2.45) is 11.1 Å². The molecule has 1 aromatic carbocycles. The first-order chi connectivity index (χ1) is 10.1. The molecule has 1 fully saturated rings. The van der Waals surface area contributed by atoms with Crippen LogP contribution in [0.3, 0.4) is 0 Å². The van der Waals surface area contributed by atoms with Crippen molar-refractivity contribution in [1.29, 1.82) is 0 Å². The van der Waals surface area contributed by atoms with E-state index in [1.165, 1.54) is 5.56 Å². The highest BCUT2D eigenvalue weighted by atomic mass is 35.5. The van der Waals surface area contributed by atoms with Crippen molar-refractivity contribution in [3.8, 4) is 0 Å². The Morgan fingerprint density at radius 2 is 1.83 bits per heavy atom. The van der Waals surface area contributed by atoms with Gasteiger partial charge in [0.25, 0.3) is 0 Å². The van der Waals surface area contributed by atoms with E-state index in [9.17, 15) is 8.42 Å². The molecule has 23 heavy (non-hydrogen) atoms. The third kappa shape index (κ3) is 4.08. The van der Waals surface area contributed by atoms with Crippen LogP contribution in [0.4, 0.5) is 0 Å². The summed E-state index contributed by atoms with van der Waals surface area (Å²) in [6, 6.07) is 7.35. The molecular formula is C17H29ClN2O2S. The molecule has 0 aliphatic carbocycles. The summed E-state index contributed by atoms with van der Waals surface area (Å²) in [6.07, 6.45) is 1.84. The number of hydrogen-bond donors (Lipinski definition) is 1. The molecule has 1 atom stereocenters. The first kappa shape index (κ1) is 20.4. The number of benzene rings is 1. The highest BCUT2D eigenvalue weighted by Gasteiger charge is 2.39.